The summed E-state index contributed by atoms with van der Waals surface area (Å²) in [6, 6.07) is 0. The summed E-state index contributed by atoms with van der Waals surface area (Å²) in [6.45, 7) is 10.8. The number of piperidine rings is 1. The van der Waals surface area contributed by atoms with Crippen LogP contribution in [0.4, 0.5) is 0 Å². The lowest BCUT2D eigenvalue weighted by atomic mass is 9.92. The van der Waals surface area contributed by atoms with Gasteiger partial charge in [-0.1, -0.05) is 13.8 Å². The van der Waals surface area contributed by atoms with Crippen molar-refractivity contribution in [1.29, 1.82) is 0 Å². The largest absolute Gasteiger partial charge is 0.351 e. The van der Waals surface area contributed by atoms with Crippen molar-refractivity contribution < 1.29 is 4.79 Å². The summed E-state index contributed by atoms with van der Waals surface area (Å²) < 4.78 is 0. The van der Waals surface area contributed by atoms with Crippen LogP contribution in [0.15, 0.2) is 5.51 Å². The molecule has 1 aromatic heterocycles. The molecule has 1 aromatic rings. The molecule has 0 radical (unpaired) electrons. The molecule has 1 saturated heterocycles. The standard InChI is InChI=1S/C15H25N3OS/c1-11-7-12(2)9-18(8-11)6-4-5-16-15(19)14-13(3)17-10-20-14/h10-12H,4-9H2,1-3H3,(H,16,19)/t11-,12-/m1/s1. The Morgan fingerprint density at radius 3 is 2.75 bits per heavy atom. The average Bonchev–Trinajstić information content (AvgIpc) is 2.79. The third kappa shape index (κ3) is 4.28. The Hall–Kier alpha value is -0.940. The normalized spacial score (nSPS) is 23.8. The molecule has 2 rings (SSSR count). The third-order valence-corrected chi connectivity index (χ3v) is 4.76. The minimum absolute atomic E-state index is 0.0189. The molecule has 2 atom stereocenters. The van der Waals surface area contributed by atoms with Gasteiger partial charge in [-0.05, 0) is 38.1 Å². The molecule has 0 spiro atoms. The van der Waals surface area contributed by atoms with Crippen LogP contribution in [0, 0.1) is 18.8 Å². The number of aryl methyl sites for hydroxylation is 1. The van der Waals surface area contributed by atoms with E-state index in [9.17, 15) is 4.79 Å². The highest BCUT2D eigenvalue weighted by Crippen LogP contribution is 2.20. The van der Waals surface area contributed by atoms with Crippen LogP contribution >= 0.6 is 11.3 Å². The summed E-state index contributed by atoms with van der Waals surface area (Å²) in [4.78, 5) is 19.3. The van der Waals surface area contributed by atoms with E-state index >= 15 is 0 Å². The number of nitrogens with zero attached hydrogens (tertiary/aromatic N) is 2. The second kappa shape index (κ2) is 7.18. The highest BCUT2D eigenvalue weighted by molar-refractivity contribution is 7.11. The van der Waals surface area contributed by atoms with Crippen LogP contribution in [0.5, 0.6) is 0 Å². The summed E-state index contributed by atoms with van der Waals surface area (Å²) in [5.41, 5.74) is 2.55. The average molecular weight is 295 g/mol. The van der Waals surface area contributed by atoms with E-state index in [1.165, 1.54) is 30.8 Å². The minimum Gasteiger partial charge on any atom is -0.351 e. The topological polar surface area (TPSA) is 45.2 Å². The number of aromatic nitrogens is 1. The number of likely N-dealkylation sites (tertiary alicyclic amines) is 1. The van der Waals surface area contributed by atoms with E-state index < -0.39 is 0 Å². The lowest BCUT2D eigenvalue weighted by Gasteiger charge is -2.34. The van der Waals surface area contributed by atoms with Crippen molar-refractivity contribution in [2.75, 3.05) is 26.2 Å². The number of rotatable bonds is 5. The summed E-state index contributed by atoms with van der Waals surface area (Å²) in [5.74, 6) is 1.62. The van der Waals surface area contributed by atoms with E-state index in [2.05, 4.69) is 29.0 Å². The maximum atomic E-state index is 11.9. The molecule has 4 nitrogen and oxygen atoms in total. The van der Waals surface area contributed by atoms with Crippen molar-refractivity contribution in [3.63, 3.8) is 0 Å². The highest BCUT2D eigenvalue weighted by atomic mass is 32.1. The van der Waals surface area contributed by atoms with Gasteiger partial charge in [-0.25, -0.2) is 4.98 Å². The second-order valence-corrected chi connectivity index (χ2v) is 6.94. The molecule has 2 heterocycles. The zero-order valence-corrected chi connectivity index (χ0v) is 13.5. The van der Waals surface area contributed by atoms with Crippen molar-refractivity contribution in [3.8, 4) is 0 Å². The number of thiazole rings is 1. The maximum absolute atomic E-state index is 11.9. The SMILES string of the molecule is Cc1ncsc1C(=O)NCCCN1C[C@H](C)C[C@@H](C)C1. The van der Waals surface area contributed by atoms with Crippen molar-refractivity contribution in [1.82, 2.24) is 15.2 Å². The van der Waals surface area contributed by atoms with Gasteiger partial charge in [0.25, 0.3) is 5.91 Å². The first-order valence-electron chi connectivity index (χ1n) is 7.47. The van der Waals surface area contributed by atoms with Crippen molar-refractivity contribution >= 4 is 17.2 Å². The predicted molar refractivity (Wildman–Crippen MR) is 83.2 cm³/mol. The fourth-order valence-corrected chi connectivity index (χ4v) is 3.80. The number of hydrogen-bond donors (Lipinski definition) is 1. The molecule has 1 N–H and O–H groups in total. The number of carbonyl (C=O) groups excluding carboxylic acids is 1. The summed E-state index contributed by atoms with van der Waals surface area (Å²) in [7, 11) is 0. The molecule has 112 valence electrons. The maximum Gasteiger partial charge on any atom is 0.263 e. The molecule has 0 bridgehead atoms. The second-order valence-electron chi connectivity index (χ2n) is 6.08. The van der Waals surface area contributed by atoms with Gasteiger partial charge in [0.1, 0.15) is 4.88 Å². The molecule has 0 aliphatic carbocycles. The van der Waals surface area contributed by atoms with E-state index in [4.69, 9.17) is 0 Å². The van der Waals surface area contributed by atoms with Crippen molar-refractivity contribution in [2.24, 2.45) is 11.8 Å². The first-order valence-corrected chi connectivity index (χ1v) is 8.35. The van der Waals surface area contributed by atoms with Gasteiger partial charge in [0.05, 0.1) is 11.2 Å². The number of amides is 1. The Labute approximate surface area is 125 Å². The Morgan fingerprint density at radius 2 is 2.15 bits per heavy atom. The molecule has 1 aliphatic rings. The van der Waals surface area contributed by atoms with Crippen LogP contribution < -0.4 is 5.32 Å². The lowest BCUT2D eigenvalue weighted by Crippen LogP contribution is -2.40. The smallest absolute Gasteiger partial charge is 0.263 e. The van der Waals surface area contributed by atoms with Gasteiger partial charge < -0.3 is 10.2 Å². The minimum atomic E-state index is 0.0189. The van der Waals surface area contributed by atoms with Crippen LogP contribution in [0.1, 0.15) is 42.1 Å². The van der Waals surface area contributed by atoms with Crippen molar-refractivity contribution in [2.45, 2.75) is 33.6 Å². The molecule has 1 amide bonds. The molecule has 20 heavy (non-hydrogen) atoms. The molecule has 0 aromatic carbocycles. The van der Waals surface area contributed by atoms with Crippen molar-refractivity contribution in [3.05, 3.63) is 16.1 Å². The first kappa shape index (κ1) is 15.4. The number of hydrogen-bond acceptors (Lipinski definition) is 4. The lowest BCUT2D eigenvalue weighted by molar-refractivity contribution is 0.0950. The third-order valence-electron chi connectivity index (χ3n) is 3.83. The molecule has 1 fully saturated rings. The zero-order chi connectivity index (χ0) is 14.5. The molecule has 1 aliphatic heterocycles. The Balaban J connectivity index is 1.66. The van der Waals surface area contributed by atoms with Crippen LogP contribution in [0.25, 0.3) is 0 Å². The number of carbonyl (C=O) groups is 1. The van der Waals surface area contributed by atoms with E-state index in [-0.39, 0.29) is 5.91 Å². The zero-order valence-electron chi connectivity index (χ0n) is 12.7. The molecular weight excluding hydrogens is 270 g/mol. The van der Waals surface area contributed by atoms with E-state index in [1.54, 1.807) is 5.51 Å². The van der Waals surface area contributed by atoms with Crippen LogP contribution in [-0.2, 0) is 0 Å². The van der Waals surface area contributed by atoms with Crippen LogP contribution in [0.3, 0.4) is 0 Å². The fraction of sp³-hybridized carbons (Fsp3) is 0.733. The monoisotopic (exact) mass is 295 g/mol. The molecule has 0 unspecified atom stereocenters. The van der Waals surface area contributed by atoms with E-state index in [1.807, 2.05) is 6.92 Å². The van der Waals surface area contributed by atoms with Gasteiger partial charge in [-0.3, -0.25) is 4.79 Å². The van der Waals surface area contributed by atoms with Gasteiger partial charge in [0, 0.05) is 19.6 Å². The summed E-state index contributed by atoms with van der Waals surface area (Å²) >= 11 is 1.41. The molecule has 0 saturated carbocycles. The van der Waals surface area contributed by atoms with Gasteiger partial charge in [-0.2, -0.15) is 0 Å². The Bertz CT molecular complexity index is 436. The Morgan fingerprint density at radius 1 is 1.45 bits per heavy atom. The van der Waals surface area contributed by atoms with Gasteiger partial charge in [0.15, 0.2) is 0 Å². The van der Waals surface area contributed by atoms with E-state index in [0.29, 0.717) is 0 Å². The Kier molecular flexibility index (Phi) is 5.54. The summed E-state index contributed by atoms with van der Waals surface area (Å²) in [5, 5.41) is 2.99. The van der Waals surface area contributed by atoms with Gasteiger partial charge in [0.2, 0.25) is 0 Å². The van der Waals surface area contributed by atoms with Crippen LogP contribution in [0.2, 0.25) is 0 Å². The van der Waals surface area contributed by atoms with Crippen LogP contribution in [-0.4, -0.2) is 42.0 Å². The van der Waals surface area contributed by atoms with Gasteiger partial charge in [-0.15, -0.1) is 11.3 Å². The highest BCUT2D eigenvalue weighted by Gasteiger charge is 2.21. The number of nitrogens with one attached hydrogen (secondary N) is 1. The molecule has 5 heteroatoms. The van der Waals surface area contributed by atoms with Gasteiger partial charge >= 0.3 is 0 Å². The predicted octanol–water partition coefficient (Wildman–Crippen LogP) is 2.55. The first-order chi connectivity index (χ1) is 9.56. The quantitative estimate of drug-likeness (QED) is 0.849. The van der Waals surface area contributed by atoms with E-state index in [0.717, 1.165) is 41.9 Å². The fourth-order valence-electron chi connectivity index (χ4n) is 3.08. The molecular formula is C15H25N3OS. The summed E-state index contributed by atoms with van der Waals surface area (Å²) in [6.07, 6.45) is 2.36.